The van der Waals surface area contributed by atoms with Crippen LogP contribution >= 0.6 is 0 Å². The van der Waals surface area contributed by atoms with Gasteiger partial charge < -0.3 is 10.2 Å². The van der Waals surface area contributed by atoms with E-state index in [1.165, 1.54) is 6.07 Å². The zero-order valence-electron chi connectivity index (χ0n) is 15.0. The molecular weight excluding hydrogens is 398 g/mol. The van der Waals surface area contributed by atoms with Gasteiger partial charge in [-0.25, -0.2) is 0 Å². The SMILES string of the molecule is CN1CC=Cc2c3c(c(C(F)(F)F)c(-c4cccc(C(F)(F)F)c4)c21)NC(=O)C3. The van der Waals surface area contributed by atoms with Crippen LogP contribution in [0.3, 0.4) is 0 Å². The maximum absolute atomic E-state index is 14.1. The lowest BCUT2D eigenvalue weighted by Gasteiger charge is -2.31. The van der Waals surface area contributed by atoms with Gasteiger partial charge in [0.25, 0.3) is 0 Å². The van der Waals surface area contributed by atoms with Crippen LogP contribution < -0.4 is 10.2 Å². The van der Waals surface area contributed by atoms with E-state index in [1.54, 1.807) is 24.1 Å². The second-order valence-electron chi connectivity index (χ2n) is 6.95. The Bertz CT molecular complexity index is 1050. The second kappa shape index (κ2) is 6.27. The van der Waals surface area contributed by atoms with E-state index in [2.05, 4.69) is 5.32 Å². The summed E-state index contributed by atoms with van der Waals surface area (Å²) in [5.41, 5.74) is -2.36. The molecule has 0 aliphatic carbocycles. The van der Waals surface area contributed by atoms with Gasteiger partial charge in [0.15, 0.2) is 0 Å². The number of amides is 1. The zero-order chi connectivity index (χ0) is 21.1. The maximum atomic E-state index is 14.1. The molecule has 2 aromatic rings. The predicted molar refractivity (Wildman–Crippen MR) is 96.5 cm³/mol. The highest BCUT2D eigenvalue weighted by atomic mass is 19.4. The summed E-state index contributed by atoms with van der Waals surface area (Å²) in [7, 11) is 1.57. The van der Waals surface area contributed by atoms with Gasteiger partial charge >= 0.3 is 12.4 Å². The minimum atomic E-state index is -4.89. The minimum absolute atomic E-state index is 0.161. The Kier molecular flexibility index (Phi) is 4.18. The number of fused-ring (bicyclic) bond motifs is 3. The minimum Gasteiger partial charge on any atom is -0.370 e. The van der Waals surface area contributed by atoms with Gasteiger partial charge in [0.1, 0.15) is 0 Å². The molecule has 3 nitrogen and oxygen atoms in total. The number of rotatable bonds is 1. The first kappa shape index (κ1) is 19.4. The first-order valence-corrected chi connectivity index (χ1v) is 8.63. The van der Waals surface area contributed by atoms with Crippen molar-refractivity contribution in [2.45, 2.75) is 18.8 Å². The maximum Gasteiger partial charge on any atom is 0.419 e. The summed E-state index contributed by atoms with van der Waals surface area (Å²) < 4.78 is 82.0. The van der Waals surface area contributed by atoms with E-state index in [-0.39, 0.29) is 41.0 Å². The third kappa shape index (κ3) is 3.14. The monoisotopic (exact) mass is 412 g/mol. The number of nitrogens with one attached hydrogen (secondary N) is 1. The van der Waals surface area contributed by atoms with Crippen molar-refractivity contribution < 1.29 is 31.1 Å². The van der Waals surface area contributed by atoms with Crippen molar-refractivity contribution in [2.24, 2.45) is 0 Å². The smallest absolute Gasteiger partial charge is 0.370 e. The molecule has 152 valence electrons. The number of carbonyl (C=O) groups excluding carboxylic acids is 1. The first-order valence-electron chi connectivity index (χ1n) is 8.63. The number of hydrogen-bond donors (Lipinski definition) is 1. The van der Waals surface area contributed by atoms with Crippen molar-refractivity contribution in [3.63, 3.8) is 0 Å². The molecule has 0 fully saturated rings. The lowest BCUT2D eigenvalue weighted by molar-refractivity contribution is -0.137. The summed E-state index contributed by atoms with van der Waals surface area (Å²) >= 11 is 0. The normalized spacial score (nSPS) is 16.0. The van der Waals surface area contributed by atoms with Crippen LogP contribution in [0.15, 0.2) is 30.3 Å². The van der Waals surface area contributed by atoms with Gasteiger partial charge in [0.05, 0.1) is 28.9 Å². The number of halogens is 6. The molecule has 29 heavy (non-hydrogen) atoms. The summed E-state index contributed by atoms with van der Waals surface area (Å²) in [6, 6.07) is 3.81. The van der Waals surface area contributed by atoms with Crippen molar-refractivity contribution in [3.8, 4) is 11.1 Å². The van der Waals surface area contributed by atoms with Crippen molar-refractivity contribution >= 4 is 23.4 Å². The Morgan fingerprint density at radius 2 is 1.79 bits per heavy atom. The Balaban J connectivity index is 2.13. The molecule has 0 spiro atoms. The highest BCUT2D eigenvalue weighted by molar-refractivity contribution is 6.07. The summed E-state index contributed by atoms with van der Waals surface area (Å²) in [6.07, 6.45) is -6.46. The van der Waals surface area contributed by atoms with Crippen LogP contribution in [0.25, 0.3) is 17.2 Å². The van der Waals surface area contributed by atoms with Crippen LogP contribution in [0, 0.1) is 0 Å². The molecule has 1 amide bonds. The van der Waals surface area contributed by atoms with Gasteiger partial charge in [0, 0.05) is 24.7 Å². The molecule has 0 atom stereocenters. The zero-order valence-corrected chi connectivity index (χ0v) is 15.0. The Morgan fingerprint density at radius 1 is 1.07 bits per heavy atom. The number of nitrogens with zero attached hydrogens (tertiary/aromatic N) is 1. The van der Waals surface area contributed by atoms with Crippen molar-refractivity contribution in [1.82, 2.24) is 0 Å². The van der Waals surface area contributed by atoms with E-state index in [9.17, 15) is 31.1 Å². The molecule has 0 unspecified atom stereocenters. The van der Waals surface area contributed by atoms with Crippen LogP contribution in [0.1, 0.15) is 22.3 Å². The van der Waals surface area contributed by atoms with Crippen LogP contribution in [-0.2, 0) is 23.6 Å². The van der Waals surface area contributed by atoms with Gasteiger partial charge in [-0.1, -0.05) is 24.3 Å². The van der Waals surface area contributed by atoms with Crippen LogP contribution in [0.5, 0.6) is 0 Å². The molecule has 9 heteroatoms. The topological polar surface area (TPSA) is 32.3 Å². The quantitative estimate of drug-likeness (QED) is 0.641. The highest BCUT2D eigenvalue weighted by Crippen LogP contribution is 2.53. The fourth-order valence-corrected chi connectivity index (χ4v) is 3.88. The van der Waals surface area contributed by atoms with E-state index in [0.717, 1.165) is 12.1 Å². The Labute approximate surface area is 161 Å². The Morgan fingerprint density at radius 3 is 2.45 bits per heavy atom. The summed E-state index contributed by atoms with van der Waals surface area (Å²) in [6.45, 7) is 0.288. The number of hydrogen-bond acceptors (Lipinski definition) is 2. The molecule has 2 aromatic carbocycles. The van der Waals surface area contributed by atoms with Gasteiger partial charge in [-0.05, 0) is 23.3 Å². The van der Waals surface area contributed by atoms with Crippen LogP contribution in [0.2, 0.25) is 0 Å². The first-order chi connectivity index (χ1) is 13.5. The standard InChI is InChI=1S/C20H14F6N2O/c1-28-7-3-6-12-13-9-14(29)27-17(13)16(20(24,25)26)15(18(12)28)10-4-2-5-11(8-10)19(21,22)23/h2-6,8H,7,9H2,1H3,(H,27,29). The van der Waals surface area contributed by atoms with Crippen LogP contribution in [0.4, 0.5) is 37.7 Å². The number of alkyl halides is 6. The fourth-order valence-electron chi connectivity index (χ4n) is 3.88. The number of carbonyl (C=O) groups is 1. The second-order valence-corrected chi connectivity index (χ2v) is 6.95. The molecular formula is C20H14F6N2O. The van der Waals surface area contributed by atoms with Gasteiger partial charge in [-0.15, -0.1) is 0 Å². The molecule has 4 rings (SSSR count). The van der Waals surface area contributed by atoms with E-state index in [4.69, 9.17) is 0 Å². The van der Waals surface area contributed by atoms with Crippen molar-refractivity contribution in [1.29, 1.82) is 0 Å². The molecule has 0 aromatic heterocycles. The lowest BCUT2D eigenvalue weighted by atomic mass is 9.86. The summed E-state index contributed by atoms with van der Waals surface area (Å²) in [5, 5.41) is 2.26. The van der Waals surface area contributed by atoms with Crippen LogP contribution in [-0.4, -0.2) is 19.5 Å². The van der Waals surface area contributed by atoms with Crippen molar-refractivity contribution in [3.05, 3.63) is 52.6 Å². The average Bonchev–Trinajstić information content (AvgIpc) is 3.00. The van der Waals surface area contributed by atoms with Gasteiger partial charge in [0.2, 0.25) is 5.91 Å². The van der Waals surface area contributed by atoms with E-state index < -0.39 is 29.4 Å². The van der Waals surface area contributed by atoms with E-state index in [0.29, 0.717) is 11.6 Å². The average molecular weight is 412 g/mol. The largest absolute Gasteiger partial charge is 0.419 e. The molecule has 2 aliphatic heterocycles. The molecule has 2 aliphatic rings. The number of anilines is 2. The predicted octanol–water partition coefficient (Wildman–Crippen LogP) is 5.35. The Hall–Kier alpha value is -2.97. The summed E-state index contributed by atoms with van der Waals surface area (Å²) in [4.78, 5) is 13.5. The third-order valence-electron chi connectivity index (χ3n) is 5.03. The van der Waals surface area contributed by atoms with Gasteiger partial charge in [-0.2, -0.15) is 26.3 Å². The summed E-state index contributed by atoms with van der Waals surface area (Å²) in [5.74, 6) is -0.587. The number of benzene rings is 2. The van der Waals surface area contributed by atoms with Crippen molar-refractivity contribution in [2.75, 3.05) is 23.8 Å². The molecule has 0 radical (unpaired) electrons. The van der Waals surface area contributed by atoms with E-state index in [1.807, 2.05) is 0 Å². The third-order valence-corrected chi connectivity index (χ3v) is 5.03. The molecule has 0 bridgehead atoms. The fraction of sp³-hybridized carbons (Fsp3) is 0.250. The molecule has 0 saturated heterocycles. The highest BCUT2D eigenvalue weighted by Gasteiger charge is 2.44. The van der Waals surface area contributed by atoms with Gasteiger partial charge in [-0.3, -0.25) is 4.79 Å². The lowest BCUT2D eigenvalue weighted by Crippen LogP contribution is -2.24. The number of likely N-dealkylation sites (N-methyl/N-ethyl adjacent to an activating group) is 1. The van der Waals surface area contributed by atoms with E-state index >= 15 is 0 Å². The molecule has 2 heterocycles. The molecule has 0 saturated carbocycles. The molecule has 1 N–H and O–H groups in total.